The van der Waals surface area contributed by atoms with E-state index in [4.69, 9.17) is 9.84 Å². The highest BCUT2D eigenvalue weighted by Crippen LogP contribution is 2.19. The third kappa shape index (κ3) is 2.55. The second kappa shape index (κ2) is 5.26. The average Bonchev–Trinajstić information content (AvgIpc) is 2.81. The van der Waals surface area contributed by atoms with Gasteiger partial charge in [-0.25, -0.2) is 4.79 Å². The Kier molecular flexibility index (Phi) is 3.46. The molecule has 1 atom stereocenters. The fourth-order valence-corrected chi connectivity index (χ4v) is 2.67. The van der Waals surface area contributed by atoms with Gasteiger partial charge in [0.25, 0.3) is 0 Å². The first kappa shape index (κ1) is 13.1. The summed E-state index contributed by atoms with van der Waals surface area (Å²) in [5.74, 6) is -0.895. The zero-order chi connectivity index (χ0) is 14.1. The standard InChI is InChI=1S/C15H18N2O3/c1-16-6-7-20-13(9-16)10-17-5-4-11-2-3-12(15(18)19)8-14(11)17/h2-5,8,13H,6-7,9-10H2,1H3,(H,18,19). The molecule has 0 bridgehead atoms. The maximum Gasteiger partial charge on any atom is 0.335 e. The molecule has 0 radical (unpaired) electrons. The zero-order valence-electron chi connectivity index (χ0n) is 11.5. The monoisotopic (exact) mass is 274 g/mol. The van der Waals surface area contributed by atoms with Gasteiger partial charge in [-0.15, -0.1) is 0 Å². The molecule has 1 unspecified atom stereocenters. The van der Waals surface area contributed by atoms with Crippen molar-refractivity contribution in [3.63, 3.8) is 0 Å². The lowest BCUT2D eigenvalue weighted by Crippen LogP contribution is -2.41. The number of nitrogens with zero attached hydrogens (tertiary/aromatic N) is 2. The van der Waals surface area contributed by atoms with Crippen molar-refractivity contribution in [2.24, 2.45) is 0 Å². The molecule has 3 rings (SSSR count). The van der Waals surface area contributed by atoms with Gasteiger partial charge >= 0.3 is 5.97 Å². The largest absolute Gasteiger partial charge is 0.478 e. The van der Waals surface area contributed by atoms with E-state index in [9.17, 15) is 4.79 Å². The first-order valence-electron chi connectivity index (χ1n) is 6.76. The Bertz CT molecular complexity index is 635. The fraction of sp³-hybridized carbons (Fsp3) is 0.400. The molecule has 0 spiro atoms. The summed E-state index contributed by atoms with van der Waals surface area (Å²) in [7, 11) is 2.09. The van der Waals surface area contributed by atoms with Crippen LogP contribution in [0.1, 0.15) is 10.4 Å². The molecule has 20 heavy (non-hydrogen) atoms. The van der Waals surface area contributed by atoms with Crippen molar-refractivity contribution in [3.05, 3.63) is 36.0 Å². The van der Waals surface area contributed by atoms with Crippen molar-refractivity contribution < 1.29 is 14.6 Å². The zero-order valence-corrected chi connectivity index (χ0v) is 11.5. The van der Waals surface area contributed by atoms with Crippen LogP contribution in [0.4, 0.5) is 0 Å². The molecule has 1 aliphatic rings. The first-order chi connectivity index (χ1) is 9.63. The molecule has 2 heterocycles. The summed E-state index contributed by atoms with van der Waals surface area (Å²) in [5.41, 5.74) is 1.26. The smallest absolute Gasteiger partial charge is 0.335 e. The Morgan fingerprint density at radius 1 is 1.45 bits per heavy atom. The molecule has 1 N–H and O–H groups in total. The molecule has 1 fully saturated rings. The minimum absolute atomic E-state index is 0.151. The summed E-state index contributed by atoms with van der Waals surface area (Å²) in [4.78, 5) is 13.3. The topological polar surface area (TPSA) is 54.7 Å². The number of ether oxygens (including phenoxy) is 1. The summed E-state index contributed by atoms with van der Waals surface area (Å²) in [6, 6.07) is 7.22. The second-order valence-corrected chi connectivity index (χ2v) is 5.30. The van der Waals surface area contributed by atoms with Crippen LogP contribution >= 0.6 is 0 Å². The quantitative estimate of drug-likeness (QED) is 0.925. The second-order valence-electron chi connectivity index (χ2n) is 5.30. The molecular weight excluding hydrogens is 256 g/mol. The van der Waals surface area contributed by atoms with Crippen LogP contribution in [0.15, 0.2) is 30.5 Å². The Morgan fingerprint density at radius 2 is 2.30 bits per heavy atom. The van der Waals surface area contributed by atoms with Crippen LogP contribution in [0.3, 0.4) is 0 Å². The highest BCUT2D eigenvalue weighted by Gasteiger charge is 2.18. The number of fused-ring (bicyclic) bond motifs is 1. The minimum atomic E-state index is -0.895. The van der Waals surface area contributed by atoms with Crippen molar-refractivity contribution in [2.45, 2.75) is 12.6 Å². The minimum Gasteiger partial charge on any atom is -0.478 e. The lowest BCUT2D eigenvalue weighted by molar-refractivity contribution is -0.0269. The van der Waals surface area contributed by atoms with Gasteiger partial charge < -0.3 is 19.3 Å². The van der Waals surface area contributed by atoms with Gasteiger partial charge in [0.1, 0.15) is 0 Å². The predicted molar refractivity (Wildman–Crippen MR) is 76.1 cm³/mol. The van der Waals surface area contributed by atoms with Crippen molar-refractivity contribution >= 4 is 16.9 Å². The molecule has 5 nitrogen and oxygen atoms in total. The van der Waals surface area contributed by atoms with E-state index in [1.165, 1.54) is 0 Å². The Hall–Kier alpha value is -1.85. The van der Waals surface area contributed by atoms with E-state index in [0.717, 1.165) is 37.1 Å². The van der Waals surface area contributed by atoms with Crippen LogP contribution in [-0.2, 0) is 11.3 Å². The van der Waals surface area contributed by atoms with Crippen LogP contribution < -0.4 is 0 Å². The van der Waals surface area contributed by atoms with Crippen LogP contribution in [-0.4, -0.2) is 53.4 Å². The molecular formula is C15H18N2O3. The number of rotatable bonds is 3. The van der Waals surface area contributed by atoms with Gasteiger partial charge in [0.2, 0.25) is 0 Å². The molecule has 106 valence electrons. The van der Waals surface area contributed by atoms with E-state index in [1.54, 1.807) is 12.1 Å². The highest BCUT2D eigenvalue weighted by molar-refractivity contribution is 5.93. The molecule has 1 aliphatic heterocycles. The fourth-order valence-electron chi connectivity index (χ4n) is 2.67. The number of aromatic nitrogens is 1. The van der Waals surface area contributed by atoms with Crippen molar-refractivity contribution in [3.8, 4) is 0 Å². The van der Waals surface area contributed by atoms with Gasteiger partial charge in [0, 0.05) is 24.8 Å². The maximum absolute atomic E-state index is 11.1. The van der Waals surface area contributed by atoms with Crippen molar-refractivity contribution in [2.75, 3.05) is 26.7 Å². The van der Waals surface area contributed by atoms with Gasteiger partial charge in [0.15, 0.2) is 0 Å². The number of carbonyl (C=O) groups is 1. The Balaban J connectivity index is 1.87. The van der Waals surface area contributed by atoms with Gasteiger partial charge in [0.05, 0.1) is 24.8 Å². The van der Waals surface area contributed by atoms with Crippen LogP contribution in [0.25, 0.3) is 10.9 Å². The lowest BCUT2D eigenvalue weighted by Gasteiger charge is -2.30. The van der Waals surface area contributed by atoms with E-state index >= 15 is 0 Å². The van der Waals surface area contributed by atoms with E-state index in [0.29, 0.717) is 5.56 Å². The van der Waals surface area contributed by atoms with E-state index in [1.807, 2.05) is 18.3 Å². The number of carboxylic acid groups (broad SMARTS) is 1. The summed E-state index contributed by atoms with van der Waals surface area (Å²) in [6.07, 6.45) is 2.15. The van der Waals surface area contributed by atoms with Gasteiger partial charge in [-0.1, -0.05) is 6.07 Å². The van der Waals surface area contributed by atoms with Crippen molar-refractivity contribution in [1.82, 2.24) is 9.47 Å². The number of morpholine rings is 1. The molecule has 0 amide bonds. The normalized spacial score (nSPS) is 20.4. The summed E-state index contributed by atoms with van der Waals surface area (Å²) in [6.45, 7) is 3.36. The molecule has 1 aromatic heterocycles. The number of aromatic carboxylic acids is 1. The molecule has 0 saturated carbocycles. The number of benzene rings is 1. The maximum atomic E-state index is 11.1. The van der Waals surface area contributed by atoms with Gasteiger partial charge in [-0.3, -0.25) is 0 Å². The van der Waals surface area contributed by atoms with Crippen LogP contribution in [0.5, 0.6) is 0 Å². The van der Waals surface area contributed by atoms with E-state index < -0.39 is 5.97 Å². The lowest BCUT2D eigenvalue weighted by atomic mass is 10.1. The van der Waals surface area contributed by atoms with E-state index in [-0.39, 0.29) is 6.10 Å². The highest BCUT2D eigenvalue weighted by atomic mass is 16.5. The number of hydrogen-bond acceptors (Lipinski definition) is 3. The molecule has 2 aromatic rings. The van der Waals surface area contributed by atoms with Crippen LogP contribution in [0, 0.1) is 0 Å². The number of carboxylic acids is 1. The van der Waals surface area contributed by atoms with Gasteiger partial charge in [-0.2, -0.15) is 0 Å². The van der Waals surface area contributed by atoms with Crippen LogP contribution in [0.2, 0.25) is 0 Å². The molecule has 1 saturated heterocycles. The van der Waals surface area contributed by atoms with Crippen molar-refractivity contribution in [1.29, 1.82) is 0 Å². The molecule has 1 aromatic carbocycles. The summed E-state index contributed by atoms with van der Waals surface area (Å²) < 4.78 is 7.84. The number of hydrogen-bond donors (Lipinski definition) is 1. The number of likely N-dealkylation sites (N-methyl/N-ethyl adjacent to an activating group) is 1. The molecule has 0 aliphatic carbocycles. The third-order valence-corrected chi connectivity index (χ3v) is 3.76. The third-order valence-electron chi connectivity index (χ3n) is 3.76. The molecule has 5 heteroatoms. The summed E-state index contributed by atoms with van der Waals surface area (Å²) >= 11 is 0. The van der Waals surface area contributed by atoms with Gasteiger partial charge in [-0.05, 0) is 30.6 Å². The average molecular weight is 274 g/mol. The Labute approximate surface area is 117 Å². The Morgan fingerprint density at radius 3 is 3.05 bits per heavy atom. The first-order valence-corrected chi connectivity index (χ1v) is 6.76. The summed E-state index contributed by atoms with van der Waals surface area (Å²) in [5, 5.41) is 10.1. The van der Waals surface area contributed by atoms with E-state index in [2.05, 4.69) is 16.5 Å². The predicted octanol–water partition coefficient (Wildman–Crippen LogP) is 1.67. The SMILES string of the molecule is CN1CCOC(Cn2ccc3ccc(C(=O)O)cc32)C1.